The Kier molecular flexibility index (Phi) is 8.27. The molecule has 0 unspecified atom stereocenters. The van der Waals surface area contributed by atoms with E-state index in [0.29, 0.717) is 11.4 Å². The van der Waals surface area contributed by atoms with Crippen molar-refractivity contribution >= 4 is 11.0 Å². The maximum Gasteiger partial charge on any atom is 0.148 e. The standard InChI is InChI=1S/C40H32N3O.Pt/c1-40(2,3)31-24-29(23-30(25-31)35-18-10-11-22-41-35)33-17-12-19-36-38(33)42-39(43(36)32-15-8-5-9-16-32)34-21-20-28(26-37(34)44)27-13-6-4-7-14-27;/h4-22,24-26,44H,1-3H3;/q-1;. The van der Waals surface area contributed by atoms with Crippen LogP contribution in [0.15, 0.2) is 134 Å². The molecule has 0 spiro atoms. The van der Waals surface area contributed by atoms with E-state index in [-0.39, 0.29) is 32.2 Å². The first-order valence-corrected chi connectivity index (χ1v) is 14.8. The number of aromatic nitrogens is 3. The fourth-order valence-electron chi connectivity index (χ4n) is 5.67. The van der Waals surface area contributed by atoms with Crippen molar-refractivity contribution in [1.29, 1.82) is 0 Å². The van der Waals surface area contributed by atoms with Crippen LogP contribution in [0.2, 0.25) is 0 Å². The van der Waals surface area contributed by atoms with E-state index in [9.17, 15) is 5.11 Å². The Morgan fingerprint density at radius 1 is 0.667 bits per heavy atom. The van der Waals surface area contributed by atoms with Crippen molar-refractivity contribution in [2.75, 3.05) is 0 Å². The van der Waals surface area contributed by atoms with Gasteiger partial charge in [0.15, 0.2) is 0 Å². The molecular weight excluding hydrogens is 734 g/mol. The minimum Gasteiger partial charge on any atom is -0.507 e. The molecule has 1 N–H and O–H groups in total. The summed E-state index contributed by atoms with van der Waals surface area (Å²) in [6, 6.07) is 46.4. The number of pyridine rings is 1. The van der Waals surface area contributed by atoms with Gasteiger partial charge in [0.1, 0.15) is 11.6 Å². The van der Waals surface area contributed by atoms with E-state index < -0.39 is 0 Å². The summed E-state index contributed by atoms with van der Waals surface area (Å²) >= 11 is 0. The van der Waals surface area contributed by atoms with E-state index in [4.69, 9.17) is 4.98 Å². The second-order valence-corrected chi connectivity index (χ2v) is 12.0. The number of phenolic OH excluding ortho intramolecular Hbond substituents is 1. The molecule has 0 radical (unpaired) electrons. The van der Waals surface area contributed by atoms with Gasteiger partial charge in [-0.25, -0.2) is 4.98 Å². The number of imidazole rings is 1. The van der Waals surface area contributed by atoms with Crippen molar-refractivity contribution < 1.29 is 26.2 Å². The van der Waals surface area contributed by atoms with E-state index in [1.807, 2.05) is 91.1 Å². The Labute approximate surface area is 278 Å². The molecule has 0 saturated heterocycles. The zero-order valence-corrected chi connectivity index (χ0v) is 27.6. The zero-order chi connectivity index (χ0) is 30.3. The molecule has 45 heavy (non-hydrogen) atoms. The van der Waals surface area contributed by atoms with Gasteiger partial charge >= 0.3 is 0 Å². The number of phenols is 1. The minimum absolute atomic E-state index is 0. The molecule has 0 aliphatic rings. The van der Waals surface area contributed by atoms with Gasteiger partial charge in [-0.05, 0) is 52.9 Å². The topological polar surface area (TPSA) is 50.9 Å². The maximum absolute atomic E-state index is 11.4. The average molecular weight is 766 g/mol. The van der Waals surface area contributed by atoms with Crippen LogP contribution in [0.25, 0.3) is 61.6 Å². The van der Waals surface area contributed by atoms with Crippen LogP contribution in [0.1, 0.15) is 26.3 Å². The number of hydrogen-bond donors (Lipinski definition) is 1. The number of rotatable bonds is 5. The van der Waals surface area contributed by atoms with Crippen molar-refractivity contribution in [3.05, 3.63) is 145 Å². The molecular formula is C40H32N3OPt-. The van der Waals surface area contributed by atoms with E-state index in [1.165, 1.54) is 5.56 Å². The predicted octanol–water partition coefficient (Wildman–Crippen LogP) is 9.89. The predicted molar refractivity (Wildman–Crippen MR) is 180 cm³/mol. The average Bonchev–Trinajstić information content (AvgIpc) is 3.45. The first kappa shape index (κ1) is 30.2. The van der Waals surface area contributed by atoms with Crippen LogP contribution in [0.4, 0.5) is 0 Å². The third kappa shape index (κ3) is 5.86. The van der Waals surface area contributed by atoms with Crippen LogP contribution < -0.4 is 0 Å². The Morgan fingerprint density at radius 3 is 2.07 bits per heavy atom. The molecule has 0 atom stereocenters. The number of benzene rings is 5. The first-order chi connectivity index (χ1) is 21.4. The van der Waals surface area contributed by atoms with Gasteiger partial charge in [-0.15, -0.1) is 29.3 Å². The number of para-hydroxylation sites is 2. The van der Waals surface area contributed by atoms with Crippen molar-refractivity contribution in [3.8, 4) is 56.3 Å². The summed E-state index contributed by atoms with van der Waals surface area (Å²) in [5.41, 5.74) is 10.3. The summed E-state index contributed by atoms with van der Waals surface area (Å²) in [4.78, 5) is 9.89. The number of nitrogens with zero attached hydrogens (tertiary/aromatic N) is 3. The van der Waals surface area contributed by atoms with Crippen LogP contribution in [-0.2, 0) is 26.5 Å². The van der Waals surface area contributed by atoms with Crippen molar-refractivity contribution in [2.24, 2.45) is 0 Å². The van der Waals surface area contributed by atoms with Crippen LogP contribution in [0.5, 0.6) is 5.75 Å². The quantitative estimate of drug-likeness (QED) is 0.178. The summed E-state index contributed by atoms with van der Waals surface area (Å²) in [7, 11) is 0. The van der Waals surface area contributed by atoms with Gasteiger partial charge in [-0.1, -0.05) is 111 Å². The molecule has 0 aliphatic heterocycles. The monoisotopic (exact) mass is 765 g/mol. The molecule has 224 valence electrons. The van der Waals surface area contributed by atoms with Crippen LogP contribution >= 0.6 is 0 Å². The molecule has 0 aliphatic carbocycles. The minimum atomic E-state index is -0.0812. The summed E-state index contributed by atoms with van der Waals surface area (Å²) in [6.07, 6.45) is 1.82. The molecule has 0 amide bonds. The SMILES string of the molecule is CC(C)(C)c1cc(-c2ccccn2)[c-]c(-c2cccc3c2nc(-c2ccc(-c4ccccc4)cc2O)n3-c2ccccc2)c1.[Pt]. The smallest absolute Gasteiger partial charge is 0.148 e. The van der Waals surface area contributed by atoms with Crippen molar-refractivity contribution in [1.82, 2.24) is 14.5 Å². The molecule has 7 rings (SSSR count). The molecule has 0 saturated carbocycles. The maximum atomic E-state index is 11.4. The fraction of sp³-hybridized carbons (Fsp3) is 0.100. The van der Waals surface area contributed by atoms with Gasteiger partial charge in [0, 0.05) is 38.6 Å². The molecule has 2 heterocycles. The second kappa shape index (κ2) is 12.3. The summed E-state index contributed by atoms with van der Waals surface area (Å²) < 4.78 is 2.13. The Hall–Kier alpha value is -4.79. The zero-order valence-electron chi connectivity index (χ0n) is 25.3. The van der Waals surface area contributed by atoms with E-state index >= 15 is 0 Å². The molecule has 5 heteroatoms. The summed E-state index contributed by atoms with van der Waals surface area (Å²) in [5.74, 6) is 0.854. The van der Waals surface area contributed by atoms with Crippen LogP contribution in [0, 0.1) is 6.07 Å². The van der Waals surface area contributed by atoms with Gasteiger partial charge in [-0.2, -0.15) is 0 Å². The van der Waals surface area contributed by atoms with Gasteiger partial charge in [0.2, 0.25) is 0 Å². The molecule has 4 nitrogen and oxygen atoms in total. The largest absolute Gasteiger partial charge is 0.507 e. The normalized spacial score (nSPS) is 11.4. The molecule has 0 bridgehead atoms. The number of aromatic hydroxyl groups is 1. The van der Waals surface area contributed by atoms with Gasteiger partial charge < -0.3 is 5.11 Å². The Bertz CT molecular complexity index is 2100. The van der Waals surface area contributed by atoms with Crippen molar-refractivity contribution in [3.63, 3.8) is 0 Å². The molecule has 5 aromatic carbocycles. The number of fused-ring (bicyclic) bond motifs is 1. The van der Waals surface area contributed by atoms with E-state index in [2.05, 4.69) is 78.9 Å². The van der Waals surface area contributed by atoms with E-state index in [1.54, 1.807) is 0 Å². The Balaban J connectivity index is 0.00000357. The second-order valence-electron chi connectivity index (χ2n) is 12.0. The number of hydrogen-bond acceptors (Lipinski definition) is 3. The van der Waals surface area contributed by atoms with Gasteiger partial charge in [0.05, 0.1) is 16.6 Å². The molecule has 2 aromatic heterocycles. The van der Waals surface area contributed by atoms with E-state index in [0.717, 1.165) is 50.2 Å². The summed E-state index contributed by atoms with van der Waals surface area (Å²) in [6.45, 7) is 6.66. The fourth-order valence-corrected chi connectivity index (χ4v) is 5.67. The first-order valence-electron chi connectivity index (χ1n) is 14.8. The third-order valence-electron chi connectivity index (χ3n) is 8.01. The summed E-state index contributed by atoms with van der Waals surface area (Å²) in [5, 5.41) is 11.4. The van der Waals surface area contributed by atoms with Gasteiger partial charge in [0.25, 0.3) is 0 Å². The van der Waals surface area contributed by atoms with Crippen LogP contribution in [-0.4, -0.2) is 19.6 Å². The van der Waals surface area contributed by atoms with Crippen molar-refractivity contribution in [2.45, 2.75) is 26.2 Å². The van der Waals surface area contributed by atoms with Crippen LogP contribution in [0.3, 0.4) is 0 Å². The van der Waals surface area contributed by atoms with Gasteiger partial charge in [-0.3, -0.25) is 9.55 Å². The molecule has 0 fully saturated rings. The third-order valence-corrected chi connectivity index (χ3v) is 8.01. The Morgan fingerprint density at radius 2 is 1.38 bits per heavy atom. The molecule has 7 aromatic rings.